The molecular weight excluding hydrogens is 352 g/mol. The normalized spacial score (nSPS) is 20.2. The number of benzene rings is 1. The summed E-state index contributed by atoms with van der Waals surface area (Å²) < 4.78 is 11.6. The Morgan fingerprint density at radius 2 is 1.85 bits per heavy atom. The maximum absolute atomic E-state index is 12.4. The number of carbonyl (C=O) groups excluding carboxylic acids is 1. The molecule has 0 bridgehead atoms. The minimum Gasteiger partial charge on any atom is -0.490 e. The molecular formula is C20H33ClN2O3. The van der Waals surface area contributed by atoms with Gasteiger partial charge in [-0.25, -0.2) is 0 Å². The molecule has 3 atom stereocenters. The van der Waals surface area contributed by atoms with Crippen molar-refractivity contribution in [2.75, 3.05) is 13.2 Å². The average molecular weight is 385 g/mol. The van der Waals surface area contributed by atoms with E-state index in [1.807, 2.05) is 25.1 Å². The number of halogens is 1. The molecule has 6 heteroatoms. The summed E-state index contributed by atoms with van der Waals surface area (Å²) in [5.74, 6) is 1.65. The van der Waals surface area contributed by atoms with Gasteiger partial charge in [0.05, 0.1) is 19.3 Å². The molecule has 148 valence electrons. The van der Waals surface area contributed by atoms with Gasteiger partial charge in [-0.3, -0.25) is 4.79 Å². The Labute approximate surface area is 163 Å². The summed E-state index contributed by atoms with van der Waals surface area (Å²) in [5.41, 5.74) is 6.94. The van der Waals surface area contributed by atoms with Gasteiger partial charge in [-0.05, 0) is 56.7 Å². The second-order valence-corrected chi connectivity index (χ2v) is 6.90. The van der Waals surface area contributed by atoms with Gasteiger partial charge in [-0.2, -0.15) is 0 Å². The smallest absolute Gasteiger partial charge is 0.223 e. The van der Waals surface area contributed by atoms with Gasteiger partial charge in [0.2, 0.25) is 5.91 Å². The molecule has 0 heterocycles. The molecule has 26 heavy (non-hydrogen) atoms. The SMILES string of the molecule is CCCOc1ccc(C(C)NC(=O)C2CCC(N)C2)cc1OCCC.Cl. The fourth-order valence-corrected chi connectivity index (χ4v) is 3.12. The van der Waals surface area contributed by atoms with Crippen LogP contribution in [0.5, 0.6) is 11.5 Å². The van der Waals surface area contributed by atoms with Crippen LogP contribution in [-0.4, -0.2) is 25.2 Å². The second kappa shape index (κ2) is 11.3. The van der Waals surface area contributed by atoms with Crippen LogP contribution in [0, 0.1) is 5.92 Å². The lowest BCUT2D eigenvalue weighted by atomic mass is 10.0. The average Bonchev–Trinajstić information content (AvgIpc) is 3.05. The third-order valence-corrected chi connectivity index (χ3v) is 4.59. The molecule has 1 aliphatic carbocycles. The van der Waals surface area contributed by atoms with E-state index < -0.39 is 0 Å². The Bertz CT molecular complexity index is 568. The van der Waals surface area contributed by atoms with Gasteiger partial charge in [0.25, 0.3) is 0 Å². The highest BCUT2D eigenvalue weighted by molar-refractivity contribution is 5.85. The van der Waals surface area contributed by atoms with E-state index in [-0.39, 0.29) is 36.3 Å². The van der Waals surface area contributed by atoms with Crippen molar-refractivity contribution in [2.24, 2.45) is 11.7 Å². The maximum atomic E-state index is 12.4. The van der Waals surface area contributed by atoms with E-state index in [0.29, 0.717) is 13.2 Å². The van der Waals surface area contributed by atoms with Crippen LogP contribution >= 0.6 is 12.4 Å². The quantitative estimate of drug-likeness (QED) is 0.675. The minimum atomic E-state index is -0.0754. The summed E-state index contributed by atoms with van der Waals surface area (Å²) in [5, 5.41) is 3.11. The number of rotatable bonds is 9. The monoisotopic (exact) mass is 384 g/mol. The molecule has 1 aliphatic rings. The molecule has 3 N–H and O–H groups in total. The van der Waals surface area contributed by atoms with Crippen molar-refractivity contribution in [1.82, 2.24) is 5.32 Å². The standard InChI is InChI=1S/C20H32N2O3.ClH/c1-4-10-24-18-9-7-15(13-19(18)25-11-5-2)14(3)22-20(23)16-6-8-17(21)12-16;/h7,9,13-14,16-17H,4-6,8,10-12,21H2,1-3H3,(H,22,23);1H. The third-order valence-electron chi connectivity index (χ3n) is 4.59. The fraction of sp³-hybridized carbons (Fsp3) is 0.650. The molecule has 1 aromatic rings. The van der Waals surface area contributed by atoms with Crippen molar-refractivity contribution in [3.05, 3.63) is 23.8 Å². The molecule has 3 unspecified atom stereocenters. The lowest BCUT2D eigenvalue weighted by molar-refractivity contribution is -0.125. The van der Waals surface area contributed by atoms with Crippen LogP contribution in [0.15, 0.2) is 18.2 Å². The van der Waals surface area contributed by atoms with Gasteiger partial charge in [0.15, 0.2) is 11.5 Å². The lowest BCUT2D eigenvalue weighted by Crippen LogP contribution is -2.32. The zero-order chi connectivity index (χ0) is 18.2. The maximum Gasteiger partial charge on any atom is 0.223 e. The highest BCUT2D eigenvalue weighted by Gasteiger charge is 2.28. The van der Waals surface area contributed by atoms with Crippen LogP contribution in [0.4, 0.5) is 0 Å². The molecule has 1 amide bonds. The molecule has 0 aromatic heterocycles. The first-order valence-corrected chi connectivity index (χ1v) is 9.50. The Kier molecular flexibility index (Phi) is 9.81. The Morgan fingerprint density at radius 1 is 1.19 bits per heavy atom. The van der Waals surface area contributed by atoms with Gasteiger partial charge in [0, 0.05) is 12.0 Å². The van der Waals surface area contributed by atoms with E-state index in [2.05, 4.69) is 19.2 Å². The van der Waals surface area contributed by atoms with Crippen molar-refractivity contribution in [3.63, 3.8) is 0 Å². The number of hydrogen-bond donors (Lipinski definition) is 2. The first kappa shape index (κ1) is 22.6. The predicted octanol–water partition coefficient (Wildman–Crippen LogP) is 3.99. The first-order chi connectivity index (χ1) is 12.0. The van der Waals surface area contributed by atoms with Gasteiger partial charge < -0.3 is 20.5 Å². The molecule has 0 saturated heterocycles. The van der Waals surface area contributed by atoms with Crippen molar-refractivity contribution in [3.8, 4) is 11.5 Å². The molecule has 1 fully saturated rings. The highest BCUT2D eigenvalue weighted by Crippen LogP contribution is 2.31. The van der Waals surface area contributed by atoms with E-state index in [0.717, 1.165) is 49.2 Å². The van der Waals surface area contributed by atoms with E-state index in [1.165, 1.54) is 0 Å². The number of nitrogens with two attached hydrogens (primary N) is 1. The van der Waals surface area contributed by atoms with Crippen molar-refractivity contribution < 1.29 is 14.3 Å². The molecule has 0 aliphatic heterocycles. The topological polar surface area (TPSA) is 73.6 Å². The summed E-state index contributed by atoms with van der Waals surface area (Å²) >= 11 is 0. The minimum absolute atomic E-state index is 0. The van der Waals surface area contributed by atoms with E-state index >= 15 is 0 Å². The Balaban J connectivity index is 0.00000338. The number of hydrogen-bond acceptors (Lipinski definition) is 4. The van der Waals surface area contributed by atoms with Crippen molar-refractivity contribution in [2.45, 2.75) is 65.0 Å². The summed E-state index contributed by atoms with van der Waals surface area (Å²) in [4.78, 5) is 12.4. The molecule has 0 spiro atoms. The molecule has 2 rings (SSSR count). The lowest BCUT2D eigenvalue weighted by Gasteiger charge is -2.19. The van der Waals surface area contributed by atoms with Crippen LogP contribution < -0.4 is 20.5 Å². The van der Waals surface area contributed by atoms with Crippen LogP contribution in [0.25, 0.3) is 0 Å². The summed E-state index contributed by atoms with van der Waals surface area (Å²) in [6, 6.07) is 5.99. The van der Waals surface area contributed by atoms with Gasteiger partial charge in [-0.15, -0.1) is 12.4 Å². The number of nitrogens with one attached hydrogen (secondary N) is 1. The van der Waals surface area contributed by atoms with Crippen LogP contribution in [0.1, 0.15) is 64.5 Å². The Hall–Kier alpha value is -1.46. The van der Waals surface area contributed by atoms with Crippen molar-refractivity contribution >= 4 is 18.3 Å². The van der Waals surface area contributed by atoms with Crippen LogP contribution in [-0.2, 0) is 4.79 Å². The van der Waals surface area contributed by atoms with Crippen LogP contribution in [0.2, 0.25) is 0 Å². The second-order valence-electron chi connectivity index (χ2n) is 6.90. The zero-order valence-corrected chi connectivity index (χ0v) is 16.9. The number of carbonyl (C=O) groups is 1. The molecule has 1 aromatic carbocycles. The molecule has 0 radical (unpaired) electrons. The largest absolute Gasteiger partial charge is 0.490 e. The van der Waals surface area contributed by atoms with Crippen LogP contribution in [0.3, 0.4) is 0 Å². The van der Waals surface area contributed by atoms with Gasteiger partial charge in [-0.1, -0.05) is 19.9 Å². The molecule has 1 saturated carbocycles. The van der Waals surface area contributed by atoms with E-state index in [1.54, 1.807) is 0 Å². The first-order valence-electron chi connectivity index (χ1n) is 9.50. The summed E-state index contributed by atoms with van der Waals surface area (Å²) in [6.45, 7) is 7.46. The zero-order valence-electron chi connectivity index (χ0n) is 16.1. The van der Waals surface area contributed by atoms with Gasteiger partial charge >= 0.3 is 0 Å². The highest BCUT2D eigenvalue weighted by atomic mass is 35.5. The fourth-order valence-electron chi connectivity index (χ4n) is 3.12. The number of amides is 1. The predicted molar refractivity (Wildman–Crippen MR) is 107 cm³/mol. The van der Waals surface area contributed by atoms with E-state index in [4.69, 9.17) is 15.2 Å². The third kappa shape index (κ3) is 6.36. The Morgan fingerprint density at radius 3 is 2.42 bits per heavy atom. The number of ether oxygens (including phenoxy) is 2. The summed E-state index contributed by atoms with van der Waals surface area (Å²) in [7, 11) is 0. The molecule has 5 nitrogen and oxygen atoms in total. The van der Waals surface area contributed by atoms with E-state index in [9.17, 15) is 4.79 Å². The van der Waals surface area contributed by atoms with Crippen molar-refractivity contribution in [1.29, 1.82) is 0 Å². The summed E-state index contributed by atoms with van der Waals surface area (Å²) in [6.07, 6.45) is 4.49. The van der Waals surface area contributed by atoms with Gasteiger partial charge in [0.1, 0.15) is 0 Å².